The van der Waals surface area contributed by atoms with E-state index in [4.69, 9.17) is 14.2 Å². The molecule has 7 heteroatoms. The average Bonchev–Trinajstić information content (AvgIpc) is 2.83. The first kappa shape index (κ1) is 24.3. The van der Waals surface area contributed by atoms with Crippen LogP contribution in [0.15, 0.2) is 47.5 Å². The third kappa shape index (κ3) is 6.28. The van der Waals surface area contributed by atoms with Crippen LogP contribution in [-0.4, -0.2) is 58.9 Å². The summed E-state index contributed by atoms with van der Waals surface area (Å²) in [5.74, 6) is 2.59. The molecule has 0 bridgehead atoms. The summed E-state index contributed by atoms with van der Waals surface area (Å²) >= 11 is 0. The van der Waals surface area contributed by atoms with Crippen molar-refractivity contribution in [3.05, 3.63) is 53.6 Å². The van der Waals surface area contributed by atoms with E-state index >= 15 is 0 Å². The van der Waals surface area contributed by atoms with Crippen molar-refractivity contribution < 1.29 is 14.2 Å². The van der Waals surface area contributed by atoms with Crippen LogP contribution >= 0.6 is 0 Å². The maximum absolute atomic E-state index is 5.58. The predicted octanol–water partition coefficient (Wildman–Crippen LogP) is 3.46. The Morgan fingerprint density at radius 3 is 2.13 bits per heavy atom. The number of benzene rings is 2. The molecule has 0 aliphatic heterocycles. The van der Waals surface area contributed by atoms with Crippen LogP contribution in [0.4, 0.5) is 0 Å². The number of guanidine groups is 1. The topological polar surface area (TPSA) is 67.4 Å². The molecule has 0 aliphatic carbocycles. The average molecular weight is 429 g/mol. The zero-order valence-corrected chi connectivity index (χ0v) is 19.6. The molecular weight excluding hydrogens is 392 g/mol. The fourth-order valence-corrected chi connectivity index (χ4v) is 3.69. The van der Waals surface area contributed by atoms with Gasteiger partial charge >= 0.3 is 0 Å². The second kappa shape index (κ2) is 12.7. The van der Waals surface area contributed by atoms with Crippen molar-refractivity contribution in [3.63, 3.8) is 0 Å². The summed E-state index contributed by atoms with van der Waals surface area (Å²) < 4.78 is 16.4. The van der Waals surface area contributed by atoms with Gasteiger partial charge in [0.2, 0.25) is 5.75 Å². The van der Waals surface area contributed by atoms with Gasteiger partial charge in [-0.15, -0.1) is 0 Å². The molecule has 0 heterocycles. The molecule has 0 spiro atoms. The lowest BCUT2D eigenvalue weighted by molar-refractivity contribution is 0.219. The van der Waals surface area contributed by atoms with Crippen molar-refractivity contribution >= 4 is 5.96 Å². The van der Waals surface area contributed by atoms with Crippen molar-refractivity contribution in [3.8, 4) is 17.2 Å². The number of methoxy groups -OCH3 is 3. The molecule has 170 valence electrons. The largest absolute Gasteiger partial charge is 0.493 e. The zero-order chi connectivity index (χ0) is 22.6. The molecule has 7 nitrogen and oxygen atoms in total. The summed E-state index contributed by atoms with van der Waals surface area (Å²) in [5.41, 5.74) is 2.24. The van der Waals surface area contributed by atoms with E-state index in [2.05, 4.69) is 58.6 Å². The third-order valence-electron chi connectivity index (χ3n) is 5.36. The van der Waals surface area contributed by atoms with Crippen LogP contribution in [0.1, 0.15) is 31.0 Å². The smallest absolute Gasteiger partial charge is 0.203 e. The molecule has 0 fully saturated rings. The van der Waals surface area contributed by atoms with E-state index in [0.29, 0.717) is 23.8 Å². The molecule has 0 saturated carbocycles. The van der Waals surface area contributed by atoms with Gasteiger partial charge in [0.1, 0.15) is 0 Å². The van der Waals surface area contributed by atoms with Gasteiger partial charge in [-0.2, -0.15) is 0 Å². The van der Waals surface area contributed by atoms with Crippen LogP contribution in [0.25, 0.3) is 0 Å². The van der Waals surface area contributed by atoms with Crippen LogP contribution in [0.3, 0.4) is 0 Å². The summed E-state index contributed by atoms with van der Waals surface area (Å²) in [6.07, 6.45) is 0. The van der Waals surface area contributed by atoms with Crippen molar-refractivity contribution in [2.75, 3.05) is 48.0 Å². The molecule has 0 aromatic heterocycles. The Balaban J connectivity index is 2.10. The van der Waals surface area contributed by atoms with Gasteiger partial charge in [-0.1, -0.05) is 44.2 Å². The number of hydrogen-bond donors (Lipinski definition) is 2. The second-order valence-corrected chi connectivity index (χ2v) is 6.95. The number of rotatable bonds is 11. The summed E-state index contributed by atoms with van der Waals surface area (Å²) in [7, 11) is 6.62. The van der Waals surface area contributed by atoms with Gasteiger partial charge in [-0.25, -0.2) is 0 Å². The number of nitrogens with one attached hydrogen (secondary N) is 2. The minimum Gasteiger partial charge on any atom is -0.493 e. The normalized spacial score (nSPS) is 12.4. The SMILES string of the molecule is CCN(CC)C(CNC(=NC)NCc1ccc(OC)c(OC)c1OC)c1ccccc1. The molecule has 2 aromatic rings. The lowest BCUT2D eigenvalue weighted by Gasteiger charge is -2.30. The van der Waals surface area contributed by atoms with Gasteiger partial charge in [0.05, 0.1) is 27.4 Å². The summed E-state index contributed by atoms with van der Waals surface area (Å²) in [4.78, 5) is 6.83. The van der Waals surface area contributed by atoms with Crippen molar-refractivity contribution in [1.29, 1.82) is 0 Å². The number of hydrogen-bond acceptors (Lipinski definition) is 5. The highest BCUT2D eigenvalue weighted by atomic mass is 16.5. The van der Waals surface area contributed by atoms with E-state index in [9.17, 15) is 0 Å². The Kier molecular flexibility index (Phi) is 9.97. The molecule has 2 N–H and O–H groups in total. The van der Waals surface area contributed by atoms with E-state index < -0.39 is 0 Å². The van der Waals surface area contributed by atoms with Crippen LogP contribution in [0, 0.1) is 0 Å². The first-order chi connectivity index (χ1) is 15.1. The summed E-state index contributed by atoms with van der Waals surface area (Å²) in [6.45, 7) is 7.61. The number of aliphatic imine (C=N–C) groups is 1. The van der Waals surface area contributed by atoms with Crippen molar-refractivity contribution in [2.45, 2.75) is 26.4 Å². The van der Waals surface area contributed by atoms with Gasteiger partial charge in [-0.05, 0) is 30.8 Å². The number of nitrogens with zero attached hydrogens (tertiary/aromatic N) is 2. The summed E-state index contributed by atoms with van der Waals surface area (Å²) in [6, 6.07) is 14.7. The molecule has 1 atom stereocenters. The Bertz CT molecular complexity index is 823. The predicted molar refractivity (Wildman–Crippen MR) is 126 cm³/mol. The quantitative estimate of drug-likeness (QED) is 0.422. The first-order valence-corrected chi connectivity index (χ1v) is 10.6. The minimum absolute atomic E-state index is 0.255. The Morgan fingerprint density at radius 2 is 1.58 bits per heavy atom. The van der Waals surface area contributed by atoms with E-state index in [1.54, 1.807) is 28.4 Å². The van der Waals surface area contributed by atoms with Crippen LogP contribution in [0.2, 0.25) is 0 Å². The standard InChI is InChI=1S/C24H36N4O3/c1-7-28(8-2)20(18-12-10-9-11-13-18)17-27-24(25-3)26-16-19-14-15-21(29-4)23(31-6)22(19)30-5/h9-15,20H,7-8,16-17H2,1-6H3,(H2,25,26,27). The van der Waals surface area contributed by atoms with E-state index in [1.807, 2.05) is 18.2 Å². The van der Waals surface area contributed by atoms with Crippen LogP contribution in [0.5, 0.6) is 17.2 Å². The molecule has 1 unspecified atom stereocenters. The molecule has 0 aliphatic rings. The zero-order valence-electron chi connectivity index (χ0n) is 19.6. The van der Waals surface area contributed by atoms with Gasteiger partial charge in [0.25, 0.3) is 0 Å². The monoisotopic (exact) mass is 428 g/mol. The fraction of sp³-hybridized carbons (Fsp3) is 0.458. The molecule has 0 amide bonds. The minimum atomic E-state index is 0.255. The Hall–Kier alpha value is -2.93. The number of ether oxygens (including phenoxy) is 3. The van der Waals surface area contributed by atoms with Crippen molar-refractivity contribution in [2.24, 2.45) is 4.99 Å². The maximum Gasteiger partial charge on any atom is 0.203 e. The fourth-order valence-electron chi connectivity index (χ4n) is 3.69. The van der Waals surface area contributed by atoms with Gasteiger partial charge < -0.3 is 24.8 Å². The van der Waals surface area contributed by atoms with E-state index in [-0.39, 0.29) is 6.04 Å². The lowest BCUT2D eigenvalue weighted by atomic mass is 10.1. The third-order valence-corrected chi connectivity index (χ3v) is 5.36. The second-order valence-electron chi connectivity index (χ2n) is 6.95. The molecule has 2 rings (SSSR count). The Labute approximate surface area is 186 Å². The van der Waals surface area contributed by atoms with Gasteiger partial charge in [0, 0.05) is 25.7 Å². The lowest BCUT2D eigenvalue weighted by Crippen LogP contribution is -2.43. The van der Waals surface area contributed by atoms with Gasteiger partial charge in [-0.3, -0.25) is 9.89 Å². The highest BCUT2D eigenvalue weighted by Crippen LogP contribution is 2.39. The Morgan fingerprint density at radius 1 is 0.903 bits per heavy atom. The maximum atomic E-state index is 5.58. The van der Waals surface area contributed by atoms with Crippen molar-refractivity contribution in [1.82, 2.24) is 15.5 Å². The van der Waals surface area contributed by atoms with Crippen LogP contribution in [-0.2, 0) is 6.54 Å². The highest BCUT2D eigenvalue weighted by Gasteiger charge is 2.19. The van der Waals surface area contributed by atoms with Gasteiger partial charge in [0.15, 0.2) is 17.5 Å². The highest BCUT2D eigenvalue weighted by molar-refractivity contribution is 5.79. The van der Waals surface area contributed by atoms with Crippen LogP contribution < -0.4 is 24.8 Å². The molecule has 31 heavy (non-hydrogen) atoms. The first-order valence-electron chi connectivity index (χ1n) is 10.6. The van der Waals surface area contributed by atoms with E-state index in [0.717, 1.165) is 31.2 Å². The van der Waals surface area contributed by atoms with E-state index in [1.165, 1.54) is 5.56 Å². The molecule has 0 saturated heterocycles. The number of likely N-dealkylation sites (N-methyl/N-ethyl adjacent to an activating group) is 1. The molecular formula is C24H36N4O3. The molecule has 2 aromatic carbocycles. The summed E-state index contributed by atoms with van der Waals surface area (Å²) in [5, 5.41) is 6.85. The molecule has 0 radical (unpaired) electrons.